The monoisotopic (exact) mass is 409 g/mol. The van der Waals surface area contributed by atoms with Crippen molar-refractivity contribution in [2.24, 2.45) is 0 Å². The number of benzene rings is 1. The van der Waals surface area contributed by atoms with Gasteiger partial charge in [-0.25, -0.2) is 14.2 Å². The zero-order valence-corrected chi connectivity index (χ0v) is 17.7. The van der Waals surface area contributed by atoms with Crippen LogP contribution in [0.25, 0.3) is 10.8 Å². The van der Waals surface area contributed by atoms with Crippen LogP contribution in [-0.4, -0.2) is 23.1 Å². The van der Waals surface area contributed by atoms with E-state index in [0.29, 0.717) is 5.92 Å². The van der Waals surface area contributed by atoms with Gasteiger partial charge in [0, 0.05) is 29.1 Å². The molecule has 4 nitrogen and oxygen atoms in total. The second kappa shape index (κ2) is 8.52. The Morgan fingerprint density at radius 3 is 2.33 bits per heavy atom. The van der Waals surface area contributed by atoms with Crippen LogP contribution in [0.15, 0.2) is 24.3 Å². The molecule has 1 N–H and O–H groups in total. The standard InChI is InChI=1S/C25H32FN3O/c26-19-13-14-22-18(15-19)16-23(17-11-12-17)28-24(22)29(21-9-5-2-6-10-21)25(30)27-20-7-3-1-4-8-20/h13-17,20-21H,1-12H2,(H,27,30). The maximum Gasteiger partial charge on any atom is 0.323 e. The molecular weight excluding hydrogens is 377 g/mol. The molecular formula is C25H32FN3O. The van der Waals surface area contributed by atoms with E-state index < -0.39 is 0 Å². The Morgan fingerprint density at radius 1 is 0.933 bits per heavy atom. The third kappa shape index (κ3) is 4.17. The predicted octanol–water partition coefficient (Wildman–Crippen LogP) is 6.43. The van der Waals surface area contributed by atoms with E-state index in [4.69, 9.17) is 4.98 Å². The van der Waals surface area contributed by atoms with E-state index >= 15 is 0 Å². The Kier molecular flexibility index (Phi) is 5.62. The minimum absolute atomic E-state index is 0.0140. The molecule has 5 rings (SSSR count). The summed E-state index contributed by atoms with van der Waals surface area (Å²) < 4.78 is 14.0. The summed E-state index contributed by atoms with van der Waals surface area (Å²) in [5.41, 5.74) is 1.01. The molecule has 2 aromatic rings. The predicted molar refractivity (Wildman–Crippen MR) is 118 cm³/mol. The van der Waals surface area contributed by atoms with Crippen LogP contribution in [0.2, 0.25) is 0 Å². The van der Waals surface area contributed by atoms with Gasteiger partial charge in [0.25, 0.3) is 0 Å². The van der Waals surface area contributed by atoms with Gasteiger partial charge in [0.15, 0.2) is 0 Å². The first-order valence-electron chi connectivity index (χ1n) is 11.9. The lowest BCUT2D eigenvalue weighted by Crippen LogP contribution is -2.51. The number of aromatic nitrogens is 1. The van der Waals surface area contributed by atoms with Crippen molar-refractivity contribution in [2.45, 2.75) is 95.1 Å². The van der Waals surface area contributed by atoms with Crippen molar-refractivity contribution in [3.63, 3.8) is 0 Å². The minimum Gasteiger partial charge on any atom is -0.335 e. The van der Waals surface area contributed by atoms with Crippen molar-refractivity contribution in [1.29, 1.82) is 0 Å². The smallest absolute Gasteiger partial charge is 0.323 e. The largest absolute Gasteiger partial charge is 0.335 e. The van der Waals surface area contributed by atoms with Crippen LogP contribution in [0.1, 0.15) is 88.7 Å². The van der Waals surface area contributed by atoms with Crippen molar-refractivity contribution in [1.82, 2.24) is 10.3 Å². The van der Waals surface area contributed by atoms with Gasteiger partial charge in [-0.3, -0.25) is 4.90 Å². The Morgan fingerprint density at radius 2 is 1.63 bits per heavy atom. The van der Waals surface area contributed by atoms with Crippen molar-refractivity contribution in [2.75, 3.05) is 4.90 Å². The number of carbonyl (C=O) groups is 1. The lowest BCUT2D eigenvalue weighted by atomic mass is 9.93. The van der Waals surface area contributed by atoms with Crippen LogP contribution in [0, 0.1) is 5.82 Å². The summed E-state index contributed by atoms with van der Waals surface area (Å²) in [5, 5.41) is 5.06. The van der Waals surface area contributed by atoms with Crippen LogP contribution in [0.3, 0.4) is 0 Å². The van der Waals surface area contributed by atoms with E-state index in [1.165, 1.54) is 31.7 Å². The van der Waals surface area contributed by atoms with Gasteiger partial charge >= 0.3 is 6.03 Å². The second-order valence-corrected chi connectivity index (χ2v) is 9.46. The number of nitrogens with zero attached hydrogens (tertiary/aromatic N) is 2. The highest BCUT2D eigenvalue weighted by Gasteiger charge is 2.33. The number of hydrogen-bond donors (Lipinski definition) is 1. The van der Waals surface area contributed by atoms with Gasteiger partial charge in [-0.05, 0) is 68.2 Å². The Balaban J connectivity index is 1.55. The number of rotatable bonds is 4. The van der Waals surface area contributed by atoms with Gasteiger partial charge in [0.1, 0.15) is 11.6 Å². The third-order valence-electron chi connectivity index (χ3n) is 7.11. The molecule has 3 fully saturated rings. The van der Waals surface area contributed by atoms with Crippen LogP contribution < -0.4 is 10.2 Å². The molecule has 1 aromatic heterocycles. The van der Waals surface area contributed by atoms with Crippen LogP contribution >= 0.6 is 0 Å². The summed E-state index contributed by atoms with van der Waals surface area (Å²) in [4.78, 5) is 20.6. The fourth-order valence-electron chi connectivity index (χ4n) is 5.27. The first-order valence-corrected chi connectivity index (χ1v) is 11.9. The van der Waals surface area contributed by atoms with Gasteiger partial charge in [0.2, 0.25) is 0 Å². The first-order chi connectivity index (χ1) is 14.7. The number of carbonyl (C=O) groups excluding carboxylic acids is 1. The molecule has 0 aliphatic heterocycles. The summed E-state index contributed by atoms with van der Waals surface area (Å²) in [6.45, 7) is 0. The zero-order valence-electron chi connectivity index (χ0n) is 17.7. The van der Waals surface area contributed by atoms with Gasteiger partial charge in [-0.1, -0.05) is 38.5 Å². The molecule has 3 aliphatic carbocycles. The van der Waals surface area contributed by atoms with E-state index in [2.05, 4.69) is 5.32 Å². The first kappa shape index (κ1) is 19.8. The molecule has 0 bridgehead atoms. The molecule has 0 atom stereocenters. The highest BCUT2D eigenvalue weighted by Crippen LogP contribution is 2.42. The van der Waals surface area contributed by atoms with Gasteiger partial charge in [0.05, 0.1) is 0 Å². The topological polar surface area (TPSA) is 45.2 Å². The number of halogens is 1. The van der Waals surface area contributed by atoms with Crippen molar-refractivity contribution in [3.05, 3.63) is 35.8 Å². The zero-order chi connectivity index (χ0) is 20.5. The fourth-order valence-corrected chi connectivity index (χ4v) is 5.27. The number of nitrogens with one attached hydrogen (secondary N) is 1. The lowest BCUT2D eigenvalue weighted by Gasteiger charge is -2.36. The second-order valence-electron chi connectivity index (χ2n) is 9.46. The summed E-state index contributed by atoms with van der Waals surface area (Å²) in [6.07, 6.45) is 13.6. The summed E-state index contributed by atoms with van der Waals surface area (Å²) in [6, 6.07) is 7.31. The van der Waals surface area contributed by atoms with Crippen LogP contribution in [-0.2, 0) is 0 Å². The molecule has 5 heteroatoms. The normalized spacial score (nSPS) is 21.0. The molecule has 0 radical (unpaired) electrons. The fraction of sp³-hybridized carbons (Fsp3) is 0.600. The summed E-state index contributed by atoms with van der Waals surface area (Å²) in [7, 11) is 0. The Hall–Kier alpha value is -2.17. The van der Waals surface area contributed by atoms with Gasteiger partial charge in [-0.2, -0.15) is 0 Å². The van der Waals surface area contributed by atoms with E-state index in [0.717, 1.165) is 73.7 Å². The maximum absolute atomic E-state index is 14.0. The van der Waals surface area contributed by atoms with E-state index in [1.54, 1.807) is 12.1 Å². The molecule has 1 heterocycles. The van der Waals surface area contributed by atoms with Gasteiger partial charge < -0.3 is 5.32 Å². The molecule has 30 heavy (non-hydrogen) atoms. The minimum atomic E-state index is -0.239. The molecule has 3 aliphatic rings. The Bertz CT molecular complexity index is 914. The number of fused-ring (bicyclic) bond motifs is 1. The quantitative estimate of drug-likeness (QED) is 0.632. The average Bonchev–Trinajstić information content (AvgIpc) is 3.60. The molecule has 3 saturated carbocycles. The molecule has 160 valence electrons. The van der Waals surface area contributed by atoms with E-state index in [9.17, 15) is 9.18 Å². The summed E-state index contributed by atoms with van der Waals surface area (Å²) >= 11 is 0. The molecule has 0 spiro atoms. The molecule has 1 aromatic carbocycles. The van der Waals surface area contributed by atoms with Crippen LogP contribution in [0.5, 0.6) is 0 Å². The van der Waals surface area contributed by atoms with Crippen molar-refractivity contribution >= 4 is 22.6 Å². The maximum atomic E-state index is 14.0. The highest BCUT2D eigenvalue weighted by atomic mass is 19.1. The third-order valence-corrected chi connectivity index (χ3v) is 7.11. The number of anilines is 1. The number of hydrogen-bond acceptors (Lipinski definition) is 2. The van der Waals surface area contributed by atoms with Crippen LogP contribution in [0.4, 0.5) is 15.0 Å². The van der Waals surface area contributed by atoms with Gasteiger partial charge in [-0.15, -0.1) is 0 Å². The SMILES string of the molecule is O=C(NC1CCCCC1)N(c1nc(C2CC2)cc2cc(F)ccc12)C1CCCCC1. The van der Waals surface area contributed by atoms with E-state index in [1.807, 2.05) is 11.0 Å². The number of pyridine rings is 1. The highest BCUT2D eigenvalue weighted by molar-refractivity contribution is 6.02. The lowest BCUT2D eigenvalue weighted by molar-refractivity contribution is 0.233. The molecule has 0 unspecified atom stereocenters. The number of amides is 2. The average molecular weight is 410 g/mol. The molecule has 2 amide bonds. The van der Waals surface area contributed by atoms with Crippen molar-refractivity contribution in [3.8, 4) is 0 Å². The number of urea groups is 1. The van der Waals surface area contributed by atoms with Crippen molar-refractivity contribution < 1.29 is 9.18 Å². The summed E-state index contributed by atoms with van der Waals surface area (Å²) in [5.74, 6) is 0.943. The molecule has 0 saturated heterocycles. The van der Waals surface area contributed by atoms with E-state index in [-0.39, 0.29) is 23.9 Å². The Labute approximate surface area is 178 Å².